The van der Waals surface area contributed by atoms with E-state index >= 15 is 0 Å². The molecule has 0 saturated heterocycles. The Bertz CT molecular complexity index is 950. The van der Waals surface area contributed by atoms with Crippen LogP contribution in [0.4, 0.5) is 5.69 Å². The molecule has 0 aliphatic carbocycles. The number of nitriles is 1. The van der Waals surface area contributed by atoms with E-state index < -0.39 is 15.9 Å². The Morgan fingerprint density at radius 1 is 1.20 bits per heavy atom. The largest absolute Gasteiger partial charge is 0.322 e. The summed E-state index contributed by atoms with van der Waals surface area (Å²) >= 11 is 6.04. The Balaban J connectivity index is 2.33. The average Bonchev–Trinajstić information content (AvgIpc) is 2.54. The molecule has 2 rings (SSSR count). The molecule has 0 aromatic heterocycles. The Labute approximate surface area is 151 Å². The molecule has 2 N–H and O–H groups in total. The lowest BCUT2D eigenvalue weighted by molar-refractivity contribution is 0.102. The van der Waals surface area contributed by atoms with Gasteiger partial charge in [0.25, 0.3) is 5.91 Å². The second kappa shape index (κ2) is 7.66. The van der Waals surface area contributed by atoms with Gasteiger partial charge in [-0.1, -0.05) is 17.7 Å². The molecule has 8 heteroatoms. The first-order valence-electron chi connectivity index (χ1n) is 7.36. The minimum absolute atomic E-state index is 0.0238. The molecule has 2 aromatic carbocycles. The van der Waals surface area contributed by atoms with Gasteiger partial charge in [0.15, 0.2) is 0 Å². The fraction of sp³-hybridized carbons (Fsp3) is 0.176. The Kier molecular flexibility index (Phi) is 5.80. The van der Waals surface area contributed by atoms with Gasteiger partial charge in [0.1, 0.15) is 0 Å². The summed E-state index contributed by atoms with van der Waals surface area (Å²) in [6.45, 7) is 3.40. The number of rotatable bonds is 5. The average molecular weight is 378 g/mol. The van der Waals surface area contributed by atoms with E-state index in [2.05, 4.69) is 10.0 Å². The zero-order valence-corrected chi connectivity index (χ0v) is 15.1. The topological polar surface area (TPSA) is 99.1 Å². The molecule has 0 bridgehead atoms. The molecule has 0 heterocycles. The first-order valence-corrected chi connectivity index (χ1v) is 9.22. The van der Waals surface area contributed by atoms with Gasteiger partial charge >= 0.3 is 0 Å². The number of nitrogens with one attached hydrogen (secondary N) is 2. The number of halogens is 1. The van der Waals surface area contributed by atoms with Crippen molar-refractivity contribution in [1.82, 2.24) is 4.72 Å². The van der Waals surface area contributed by atoms with Crippen molar-refractivity contribution in [2.24, 2.45) is 0 Å². The number of carbonyl (C=O) groups is 1. The lowest BCUT2D eigenvalue weighted by atomic mass is 10.2. The lowest BCUT2D eigenvalue weighted by Crippen LogP contribution is -2.30. The normalized spacial score (nSPS) is 11.2. The third-order valence-electron chi connectivity index (χ3n) is 3.13. The van der Waals surface area contributed by atoms with Gasteiger partial charge in [0.2, 0.25) is 10.0 Å². The van der Waals surface area contributed by atoms with Gasteiger partial charge in [0, 0.05) is 11.7 Å². The van der Waals surface area contributed by atoms with E-state index in [9.17, 15) is 13.2 Å². The quantitative estimate of drug-likeness (QED) is 0.835. The molecule has 130 valence electrons. The van der Waals surface area contributed by atoms with Crippen LogP contribution in [0.1, 0.15) is 29.8 Å². The summed E-state index contributed by atoms with van der Waals surface area (Å²) in [7, 11) is -3.75. The van der Waals surface area contributed by atoms with E-state index in [0.29, 0.717) is 11.3 Å². The fourth-order valence-electron chi connectivity index (χ4n) is 2.09. The maximum absolute atomic E-state index is 12.4. The molecule has 0 saturated carbocycles. The van der Waals surface area contributed by atoms with Crippen LogP contribution in [0.15, 0.2) is 47.4 Å². The molecule has 0 radical (unpaired) electrons. The van der Waals surface area contributed by atoms with Gasteiger partial charge < -0.3 is 5.32 Å². The number of nitrogens with zero attached hydrogens (tertiary/aromatic N) is 1. The number of sulfonamides is 1. The zero-order chi connectivity index (χ0) is 18.6. The maximum atomic E-state index is 12.4. The summed E-state index contributed by atoms with van der Waals surface area (Å²) in [5, 5.41) is 11.6. The predicted molar refractivity (Wildman–Crippen MR) is 96.0 cm³/mol. The van der Waals surface area contributed by atoms with Gasteiger partial charge in [-0.15, -0.1) is 0 Å². The molecule has 2 aromatic rings. The van der Waals surface area contributed by atoms with E-state index in [1.807, 2.05) is 6.07 Å². The van der Waals surface area contributed by atoms with E-state index in [4.69, 9.17) is 16.9 Å². The van der Waals surface area contributed by atoms with Gasteiger partial charge in [-0.2, -0.15) is 5.26 Å². The van der Waals surface area contributed by atoms with Crippen molar-refractivity contribution in [3.63, 3.8) is 0 Å². The molecule has 6 nitrogen and oxygen atoms in total. The fourth-order valence-corrected chi connectivity index (χ4v) is 3.57. The van der Waals surface area contributed by atoms with Gasteiger partial charge in [-0.25, -0.2) is 13.1 Å². The number of hydrogen-bond acceptors (Lipinski definition) is 4. The van der Waals surface area contributed by atoms with E-state index in [-0.39, 0.29) is 21.5 Å². The van der Waals surface area contributed by atoms with Crippen molar-refractivity contribution >= 4 is 33.2 Å². The maximum Gasteiger partial charge on any atom is 0.257 e. The Hall–Kier alpha value is -2.40. The number of amides is 1. The summed E-state index contributed by atoms with van der Waals surface area (Å²) in [4.78, 5) is 12.4. The SMILES string of the molecule is CC(C)NS(=O)(=O)c1ccc(Cl)c(C(=O)Nc2cccc(C#N)c2)c1. The first kappa shape index (κ1) is 18.9. The molecule has 0 fully saturated rings. The van der Waals surface area contributed by atoms with Crippen molar-refractivity contribution in [3.05, 3.63) is 58.6 Å². The monoisotopic (exact) mass is 377 g/mol. The number of carbonyl (C=O) groups excluding carboxylic acids is 1. The third kappa shape index (κ3) is 4.79. The molecular formula is C17H16ClN3O3S. The van der Waals surface area contributed by atoms with Crippen molar-refractivity contribution in [3.8, 4) is 6.07 Å². The smallest absolute Gasteiger partial charge is 0.257 e. The molecule has 0 spiro atoms. The molecule has 0 aliphatic heterocycles. The van der Waals surface area contributed by atoms with Crippen LogP contribution in [0.25, 0.3) is 0 Å². The van der Waals surface area contributed by atoms with E-state index in [1.165, 1.54) is 24.3 Å². The summed E-state index contributed by atoms with van der Waals surface area (Å²) < 4.78 is 26.9. The molecule has 0 atom stereocenters. The van der Waals surface area contributed by atoms with Gasteiger partial charge in [0.05, 0.1) is 27.1 Å². The van der Waals surface area contributed by atoms with Crippen LogP contribution >= 0.6 is 11.6 Å². The first-order chi connectivity index (χ1) is 11.7. The van der Waals surface area contributed by atoms with Crippen LogP contribution < -0.4 is 10.0 Å². The highest BCUT2D eigenvalue weighted by Crippen LogP contribution is 2.22. The molecule has 25 heavy (non-hydrogen) atoms. The van der Waals surface area contributed by atoms with Crippen LogP contribution in [0.3, 0.4) is 0 Å². The minimum atomic E-state index is -3.75. The van der Waals surface area contributed by atoms with Gasteiger partial charge in [-0.05, 0) is 50.2 Å². The van der Waals surface area contributed by atoms with Crippen LogP contribution in [0, 0.1) is 11.3 Å². The molecule has 0 unspecified atom stereocenters. The highest BCUT2D eigenvalue weighted by molar-refractivity contribution is 7.89. The van der Waals surface area contributed by atoms with E-state index in [0.717, 1.165) is 0 Å². The number of hydrogen-bond donors (Lipinski definition) is 2. The van der Waals surface area contributed by atoms with Crippen LogP contribution in [-0.4, -0.2) is 20.4 Å². The number of benzene rings is 2. The van der Waals surface area contributed by atoms with Crippen molar-refractivity contribution in [2.45, 2.75) is 24.8 Å². The summed E-state index contributed by atoms with van der Waals surface area (Å²) in [6, 6.07) is 12.0. The summed E-state index contributed by atoms with van der Waals surface area (Å²) in [5.74, 6) is -0.568. The van der Waals surface area contributed by atoms with Gasteiger partial charge in [-0.3, -0.25) is 4.79 Å². The van der Waals surface area contributed by atoms with Crippen LogP contribution in [0.2, 0.25) is 5.02 Å². The van der Waals surface area contributed by atoms with Crippen molar-refractivity contribution in [2.75, 3.05) is 5.32 Å². The molecule has 1 amide bonds. The Morgan fingerprint density at radius 2 is 1.92 bits per heavy atom. The van der Waals surface area contributed by atoms with E-state index in [1.54, 1.807) is 32.0 Å². The Morgan fingerprint density at radius 3 is 2.56 bits per heavy atom. The second-order valence-corrected chi connectivity index (χ2v) is 7.69. The predicted octanol–water partition coefficient (Wildman–Crippen LogP) is 3.15. The molecular weight excluding hydrogens is 362 g/mol. The number of anilines is 1. The summed E-state index contributed by atoms with van der Waals surface area (Å²) in [6.07, 6.45) is 0. The standard InChI is InChI=1S/C17H16ClN3O3S/c1-11(2)21-25(23,24)14-6-7-16(18)15(9-14)17(22)20-13-5-3-4-12(8-13)10-19/h3-9,11,21H,1-2H3,(H,20,22). The van der Waals surface area contributed by atoms with Crippen LogP contribution in [0.5, 0.6) is 0 Å². The second-order valence-electron chi connectivity index (χ2n) is 5.56. The highest BCUT2D eigenvalue weighted by Gasteiger charge is 2.19. The lowest BCUT2D eigenvalue weighted by Gasteiger charge is -2.12. The summed E-state index contributed by atoms with van der Waals surface area (Å²) in [5.41, 5.74) is 0.825. The zero-order valence-electron chi connectivity index (χ0n) is 13.6. The third-order valence-corrected chi connectivity index (χ3v) is 5.12. The minimum Gasteiger partial charge on any atom is -0.322 e. The van der Waals surface area contributed by atoms with Crippen molar-refractivity contribution < 1.29 is 13.2 Å². The molecule has 0 aliphatic rings. The highest BCUT2D eigenvalue weighted by atomic mass is 35.5. The van der Waals surface area contributed by atoms with Crippen LogP contribution in [-0.2, 0) is 10.0 Å². The van der Waals surface area contributed by atoms with Crippen molar-refractivity contribution in [1.29, 1.82) is 5.26 Å².